The Morgan fingerprint density at radius 2 is 2.21 bits per heavy atom. The Labute approximate surface area is 84.7 Å². The summed E-state index contributed by atoms with van der Waals surface area (Å²) in [6, 6.07) is 0. The van der Waals surface area contributed by atoms with Crippen LogP contribution in [-0.2, 0) is 5.54 Å². The van der Waals surface area contributed by atoms with E-state index in [9.17, 15) is 5.11 Å². The van der Waals surface area contributed by atoms with Gasteiger partial charge in [-0.15, -0.1) is 0 Å². The molecule has 0 aliphatic heterocycles. The average molecular weight is 197 g/mol. The molecule has 0 bridgehead atoms. The molecule has 4 heteroatoms. The van der Waals surface area contributed by atoms with Crippen LogP contribution in [0.4, 0.5) is 0 Å². The molecule has 3 N–H and O–H groups in total. The van der Waals surface area contributed by atoms with E-state index in [0.29, 0.717) is 13.0 Å². The molecule has 14 heavy (non-hydrogen) atoms. The summed E-state index contributed by atoms with van der Waals surface area (Å²) in [5.41, 5.74) is 6.17. The van der Waals surface area contributed by atoms with Crippen LogP contribution >= 0.6 is 0 Å². The fourth-order valence-electron chi connectivity index (χ4n) is 1.20. The molecule has 0 aliphatic carbocycles. The van der Waals surface area contributed by atoms with Crippen LogP contribution < -0.4 is 5.73 Å². The third kappa shape index (κ3) is 2.56. The largest absolute Gasteiger partial charge is 0.388 e. The summed E-state index contributed by atoms with van der Waals surface area (Å²) >= 11 is 0. The summed E-state index contributed by atoms with van der Waals surface area (Å²) in [4.78, 5) is 0. The van der Waals surface area contributed by atoms with Crippen LogP contribution in [0, 0.1) is 0 Å². The molecule has 1 atom stereocenters. The molecule has 1 heterocycles. The van der Waals surface area contributed by atoms with Crippen LogP contribution in [0.1, 0.15) is 38.9 Å². The third-order valence-corrected chi connectivity index (χ3v) is 2.11. The van der Waals surface area contributed by atoms with E-state index in [2.05, 4.69) is 25.9 Å². The monoisotopic (exact) mass is 197 g/mol. The van der Waals surface area contributed by atoms with E-state index in [1.165, 1.54) is 0 Å². The number of rotatable bonds is 3. The van der Waals surface area contributed by atoms with Gasteiger partial charge in [-0.05, 0) is 33.7 Å². The summed E-state index contributed by atoms with van der Waals surface area (Å²) in [6.07, 6.45) is 3.66. The van der Waals surface area contributed by atoms with Crippen molar-refractivity contribution in [1.82, 2.24) is 9.78 Å². The maximum Gasteiger partial charge on any atom is 0.0832 e. The van der Waals surface area contributed by atoms with E-state index in [0.717, 1.165) is 5.56 Å². The maximum absolute atomic E-state index is 9.67. The third-order valence-electron chi connectivity index (χ3n) is 2.11. The first kappa shape index (κ1) is 11.2. The van der Waals surface area contributed by atoms with E-state index in [-0.39, 0.29) is 5.54 Å². The minimum Gasteiger partial charge on any atom is -0.388 e. The molecule has 0 amide bonds. The van der Waals surface area contributed by atoms with Crippen molar-refractivity contribution < 1.29 is 5.11 Å². The molecule has 0 fully saturated rings. The van der Waals surface area contributed by atoms with Gasteiger partial charge in [-0.25, -0.2) is 0 Å². The van der Waals surface area contributed by atoms with E-state index >= 15 is 0 Å². The fraction of sp³-hybridized carbons (Fsp3) is 0.700. The van der Waals surface area contributed by atoms with Gasteiger partial charge in [0.2, 0.25) is 0 Å². The molecule has 0 radical (unpaired) electrons. The summed E-state index contributed by atoms with van der Waals surface area (Å²) in [5.74, 6) is 0. The molecule has 0 spiro atoms. The standard InChI is InChI=1S/C10H19N3O/c1-10(2,3)13-7-8(6-12-13)9(14)4-5-11/h6-7,9,14H,4-5,11H2,1-3H3/t9-/m0/s1. The smallest absolute Gasteiger partial charge is 0.0832 e. The Hall–Kier alpha value is -0.870. The van der Waals surface area contributed by atoms with Gasteiger partial charge in [0, 0.05) is 11.8 Å². The lowest BCUT2D eigenvalue weighted by Gasteiger charge is -2.18. The van der Waals surface area contributed by atoms with Gasteiger partial charge in [-0.1, -0.05) is 0 Å². The SMILES string of the molecule is CC(C)(C)n1cc([C@@H](O)CCN)cn1. The summed E-state index contributed by atoms with van der Waals surface area (Å²) in [5, 5.41) is 13.9. The van der Waals surface area contributed by atoms with E-state index in [1.54, 1.807) is 6.20 Å². The zero-order valence-corrected chi connectivity index (χ0v) is 9.07. The highest BCUT2D eigenvalue weighted by molar-refractivity contribution is 5.08. The van der Waals surface area contributed by atoms with Gasteiger partial charge in [0.15, 0.2) is 0 Å². The van der Waals surface area contributed by atoms with Crippen molar-refractivity contribution in [2.45, 2.75) is 38.8 Å². The quantitative estimate of drug-likeness (QED) is 0.760. The van der Waals surface area contributed by atoms with Crippen molar-refractivity contribution in [3.8, 4) is 0 Å². The zero-order chi connectivity index (χ0) is 10.8. The van der Waals surface area contributed by atoms with Gasteiger partial charge < -0.3 is 10.8 Å². The predicted octanol–water partition coefficient (Wildman–Crippen LogP) is 1.02. The Morgan fingerprint density at radius 3 is 2.64 bits per heavy atom. The second-order valence-electron chi connectivity index (χ2n) is 4.48. The highest BCUT2D eigenvalue weighted by Gasteiger charge is 2.16. The van der Waals surface area contributed by atoms with Crippen molar-refractivity contribution in [3.05, 3.63) is 18.0 Å². The Bertz CT molecular complexity index is 288. The lowest BCUT2D eigenvalue weighted by atomic mass is 10.1. The van der Waals surface area contributed by atoms with E-state index in [4.69, 9.17) is 5.73 Å². The second kappa shape index (κ2) is 4.11. The Kier molecular flexibility index (Phi) is 3.29. The predicted molar refractivity (Wildman–Crippen MR) is 55.9 cm³/mol. The molecule has 1 aromatic rings. The Balaban J connectivity index is 2.78. The number of hydrogen-bond donors (Lipinski definition) is 2. The lowest BCUT2D eigenvalue weighted by Crippen LogP contribution is -2.22. The average Bonchev–Trinajstić information content (AvgIpc) is 2.51. The molecular weight excluding hydrogens is 178 g/mol. The van der Waals surface area contributed by atoms with E-state index < -0.39 is 6.10 Å². The van der Waals surface area contributed by atoms with Gasteiger partial charge in [0.05, 0.1) is 17.8 Å². The van der Waals surface area contributed by atoms with Crippen molar-refractivity contribution in [2.75, 3.05) is 6.54 Å². The van der Waals surface area contributed by atoms with Crippen LogP contribution in [0.2, 0.25) is 0 Å². The molecule has 0 aromatic carbocycles. The second-order valence-corrected chi connectivity index (χ2v) is 4.48. The topological polar surface area (TPSA) is 64.1 Å². The van der Waals surface area contributed by atoms with Gasteiger partial charge in [0.1, 0.15) is 0 Å². The van der Waals surface area contributed by atoms with Crippen molar-refractivity contribution in [2.24, 2.45) is 5.73 Å². The number of nitrogens with two attached hydrogens (primary N) is 1. The van der Waals surface area contributed by atoms with Gasteiger partial charge in [-0.2, -0.15) is 5.10 Å². The minimum atomic E-state index is -0.490. The summed E-state index contributed by atoms with van der Waals surface area (Å²) < 4.78 is 1.85. The van der Waals surface area contributed by atoms with Gasteiger partial charge >= 0.3 is 0 Å². The van der Waals surface area contributed by atoms with Crippen molar-refractivity contribution in [1.29, 1.82) is 0 Å². The van der Waals surface area contributed by atoms with Crippen LogP contribution in [0.5, 0.6) is 0 Å². The van der Waals surface area contributed by atoms with Gasteiger partial charge in [-0.3, -0.25) is 4.68 Å². The molecular formula is C10H19N3O. The van der Waals surface area contributed by atoms with E-state index in [1.807, 2.05) is 10.9 Å². The number of hydrogen-bond acceptors (Lipinski definition) is 3. The molecule has 0 saturated carbocycles. The zero-order valence-electron chi connectivity index (χ0n) is 9.07. The van der Waals surface area contributed by atoms with Gasteiger partial charge in [0.25, 0.3) is 0 Å². The molecule has 80 valence electrons. The number of aliphatic hydroxyl groups excluding tert-OH is 1. The molecule has 1 aromatic heterocycles. The molecule has 0 aliphatic rings. The van der Waals surface area contributed by atoms with Crippen LogP contribution in [0.15, 0.2) is 12.4 Å². The van der Waals surface area contributed by atoms with Crippen LogP contribution in [-0.4, -0.2) is 21.4 Å². The molecule has 0 unspecified atom stereocenters. The van der Waals surface area contributed by atoms with Crippen molar-refractivity contribution in [3.63, 3.8) is 0 Å². The number of aromatic nitrogens is 2. The molecule has 0 saturated heterocycles. The number of aliphatic hydroxyl groups is 1. The van der Waals surface area contributed by atoms with Crippen LogP contribution in [0.25, 0.3) is 0 Å². The first-order valence-corrected chi connectivity index (χ1v) is 4.88. The molecule has 4 nitrogen and oxygen atoms in total. The Morgan fingerprint density at radius 1 is 1.57 bits per heavy atom. The normalized spacial score (nSPS) is 14.4. The highest BCUT2D eigenvalue weighted by atomic mass is 16.3. The van der Waals surface area contributed by atoms with Crippen LogP contribution in [0.3, 0.4) is 0 Å². The molecule has 1 rings (SSSR count). The van der Waals surface area contributed by atoms with Crippen molar-refractivity contribution >= 4 is 0 Å². The highest BCUT2D eigenvalue weighted by Crippen LogP contribution is 2.19. The lowest BCUT2D eigenvalue weighted by molar-refractivity contribution is 0.170. The maximum atomic E-state index is 9.67. The fourth-order valence-corrected chi connectivity index (χ4v) is 1.20. The first-order chi connectivity index (χ1) is 6.45. The summed E-state index contributed by atoms with van der Waals surface area (Å²) in [6.45, 7) is 6.69. The summed E-state index contributed by atoms with van der Waals surface area (Å²) in [7, 11) is 0. The first-order valence-electron chi connectivity index (χ1n) is 4.88. The number of nitrogens with zero attached hydrogens (tertiary/aromatic N) is 2. The minimum absolute atomic E-state index is 0.0410.